The smallest absolute Gasteiger partial charge is 0.345 e. The maximum absolute atomic E-state index is 11.3. The molecule has 3 aromatic heterocycles. The van der Waals surface area contributed by atoms with Crippen molar-refractivity contribution in [1.29, 1.82) is 5.26 Å². The number of ether oxygens (including phenoxy) is 2. The van der Waals surface area contributed by atoms with E-state index in [0.717, 1.165) is 35.7 Å². The van der Waals surface area contributed by atoms with E-state index >= 15 is 0 Å². The van der Waals surface area contributed by atoms with Crippen LogP contribution in [0, 0.1) is 25.2 Å². The molecule has 9 nitrogen and oxygen atoms in total. The van der Waals surface area contributed by atoms with Crippen LogP contribution >= 0.6 is 22.9 Å². The molecule has 1 aromatic carbocycles. The van der Waals surface area contributed by atoms with Gasteiger partial charge in [0.25, 0.3) is 0 Å². The number of benzene rings is 1. The lowest BCUT2D eigenvalue weighted by Gasteiger charge is -2.28. The molecule has 0 amide bonds. The molecule has 1 aliphatic rings. The van der Waals surface area contributed by atoms with Gasteiger partial charge < -0.3 is 24.0 Å². The zero-order chi connectivity index (χ0) is 26.8. The second kappa shape index (κ2) is 10.8. The summed E-state index contributed by atoms with van der Waals surface area (Å²) in [4.78, 5) is 18.4. The van der Waals surface area contributed by atoms with Gasteiger partial charge in [-0.1, -0.05) is 28.9 Å². The summed E-state index contributed by atoms with van der Waals surface area (Å²) in [6.07, 6.45) is 0. The monoisotopic (exact) mass is 550 g/mol. The van der Waals surface area contributed by atoms with E-state index in [4.69, 9.17) is 25.6 Å². The van der Waals surface area contributed by atoms with E-state index < -0.39 is 5.97 Å². The molecular weight excluding hydrogens is 528 g/mol. The van der Waals surface area contributed by atoms with Gasteiger partial charge in [0.15, 0.2) is 0 Å². The Kier molecular flexibility index (Phi) is 7.33. The fourth-order valence-corrected chi connectivity index (χ4v) is 5.46. The summed E-state index contributed by atoms with van der Waals surface area (Å²) in [5.41, 5.74) is 5.17. The van der Waals surface area contributed by atoms with Crippen LogP contribution in [0.5, 0.6) is 5.88 Å². The highest BCUT2D eigenvalue weighted by Crippen LogP contribution is 2.38. The number of carbonyl (C=O) groups is 1. The topological polar surface area (TPSA) is 122 Å². The van der Waals surface area contributed by atoms with Gasteiger partial charge in [0.2, 0.25) is 5.88 Å². The Bertz CT molecular complexity index is 1510. The lowest BCUT2D eigenvalue weighted by Crippen LogP contribution is -2.36. The van der Waals surface area contributed by atoms with Crippen LogP contribution in [0.15, 0.2) is 40.9 Å². The molecule has 1 saturated heterocycles. The number of thiophene rings is 1. The molecule has 194 valence electrons. The van der Waals surface area contributed by atoms with Crippen LogP contribution in [-0.2, 0) is 11.3 Å². The summed E-state index contributed by atoms with van der Waals surface area (Å²) < 4.78 is 17.1. The van der Waals surface area contributed by atoms with Gasteiger partial charge in [-0.3, -0.25) is 0 Å². The first-order valence-electron chi connectivity index (χ1n) is 11.8. The standard InChI is InChI=1S/C27H23ClN4O5S/c1-15-24(16(2)37-31-15)20-12-22(17-3-5-19(6-4-17)32-7-9-35-10-8-32)30-26(21(20)13-29)36-14-18-11-23(27(33)34)38-25(18)28/h3-6,11-12H,7-10,14H2,1-2H3,(H,33,34). The average molecular weight is 551 g/mol. The Hall–Kier alpha value is -3.91. The number of nitrogens with zero attached hydrogens (tertiary/aromatic N) is 4. The summed E-state index contributed by atoms with van der Waals surface area (Å²) in [5, 5.41) is 23.4. The highest BCUT2D eigenvalue weighted by Gasteiger charge is 2.23. The SMILES string of the molecule is Cc1noc(C)c1-c1cc(-c2ccc(N3CCOCC3)cc2)nc(OCc2cc(C(=O)O)sc2Cl)c1C#N. The Morgan fingerprint density at radius 1 is 1.24 bits per heavy atom. The minimum Gasteiger partial charge on any atom is -0.477 e. The number of hydrogen-bond acceptors (Lipinski definition) is 9. The number of carboxylic acids is 1. The second-order valence-electron chi connectivity index (χ2n) is 8.70. The fourth-order valence-electron chi connectivity index (χ4n) is 4.37. The van der Waals surface area contributed by atoms with E-state index in [1.807, 2.05) is 37.3 Å². The molecule has 0 unspecified atom stereocenters. The number of nitriles is 1. The van der Waals surface area contributed by atoms with Crippen molar-refractivity contribution in [2.75, 3.05) is 31.2 Å². The third kappa shape index (κ3) is 5.09. The second-order valence-corrected chi connectivity index (χ2v) is 10.4. The Morgan fingerprint density at radius 3 is 2.58 bits per heavy atom. The molecule has 0 bridgehead atoms. The van der Waals surface area contributed by atoms with E-state index in [1.54, 1.807) is 6.92 Å². The van der Waals surface area contributed by atoms with Crippen molar-refractivity contribution >= 4 is 34.6 Å². The zero-order valence-corrected chi connectivity index (χ0v) is 22.2. The Morgan fingerprint density at radius 2 is 1.97 bits per heavy atom. The van der Waals surface area contributed by atoms with Crippen molar-refractivity contribution in [3.05, 3.63) is 68.2 Å². The summed E-state index contributed by atoms with van der Waals surface area (Å²) in [7, 11) is 0. The molecule has 4 aromatic rings. The summed E-state index contributed by atoms with van der Waals surface area (Å²) in [5.74, 6) is -0.393. The Balaban J connectivity index is 1.55. The average Bonchev–Trinajstić information content (AvgIpc) is 3.48. The zero-order valence-electron chi connectivity index (χ0n) is 20.7. The molecule has 0 spiro atoms. The molecular formula is C27H23ClN4O5S. The molecule has 38 heavy (non-hydrogen) atoms. The number of aromatic nitrogens is 2. The van der Waals surface area contributed by atoms with Crippen molar-refractivity contribution < 1.29 is 23.9 Å². The maximum atomic E-state index is 11.3. The number of anilines is 1. The van der Waals surface area contributed by atoms with Crippen molar-refractivity contribution in [2.24, 2.45) is 0 Å². The van der Waals surface area contributed by atoms with Crippen molar-refractivity contribution in [1.82, 2.24) is 10.1 Å². The van der Waals surface area contributed by atoms with Gasteiger partial charge in [0.1, 0.15) is 33.2 Å². The molecule has 1 fully saturated rings. The number of carboxylic acid groups (broad SMARTS) is 1. The van der Waals surface area contributed by atoms with Crippen LogP contribution in [0.3, 0.4) is 0 Å². The fraction of sp³-hybridized carbons (Fsp3) is 0.259. The van der Waals surface area contributed by atoms with Gasteiger partial charge in [-0.05, 0) is 38.1 Å². The lowest BCUT2D eigenvalue weighted by molar-refractivity contribution is 0.0702. The number of aromatic carboxylic acids is 1. The molecule has 0 saturated carbocycles. The minimum absolute atomic E-state index is 0.0508. The first-order valence-corrected chi connectivity index (χ1v) is 13.0. The molecule has 0 radical (unpaired) electrons. The summed E-state index contributed by atoms with van der Waals surface area (Å²) in [6, 6.07) is 13.5. The number of rotatable bonds is 7. The van der Waals surface area contributed by atoms with Crippen LogP contribution in [0.2, 0.25) is 4.34 Å². The highest BCUT2D eigenvalue weighted by molar-refractivity contribution is 7.18. The largest absolute Gasteiger partial charge is 0.477 e. The third-order valence-corrected chi connectivity index (χ3v) is 7.70. The van der Waals surface area contributed by atoms with Crippen LogP contribution in [-0.4, -0.2) is 47.5 Å². The first-order chi connectivity index (χ1) is 18.4. The summed E-state index contributed by atoms with van der Waals surface area (Å²) >= 11 is 7.20. The van der Waals surface area contributed by atoms with E-state index in [1.165, 1.54) is 6.07 Å². The van der Waals surface area contributed by atoms with Gasteiger partial charge >= 0.3 is 5.97 Å². The van der Waals surface area contributed by atoms with Crippen molar-refractivity contribution in [2.45, 2.75) is 20.5 Å². The van der Waals surface area contributed by atoms with Crippen LogP contribution < -0.4 is 9.64 Å². The quantitative estimate of drug-likeness (QED) is 0.308. The first kappa shape index (κ1) is 25.7. The normalized spacial score (nSPS) is 13.4. The minimum atomic E-state index is -1.07. The van der Waals surface area contributed by atoms with Gasteiger partial charge in [0.05, 0.1) is 24.6 Å². The Labute approximate surface area is 227 Å². The van der Waals surface area contributed by atoms with Crippen LogP contribution in [0.4, 0.5) is 5.69 Å². The van der Waals surface area contributed by atoms with Crippen LogP contribution in [0.25, 0.3) is 22.4 Å². The van der Waals surface area contributed by atoms with Gasteiger partial charge in [-0.2, -0.15) is 5.26 Å². The predicted octanol–water partition coefficient (Wildman–Crippen LogP) is 5.72. The molecule has 4 heterocycles. The van der Waals surface area contributed by atoms with E-state index in [0.29, 0.717) is 51.4 Å². The van der Waals surface area contributed by atoms with Gasteiger partial charge in [-0.25, -0.2) is 9.78 Å². The molecule has 0 aliphatic carbocycles. The van der Waals surface area contributed by atoms with Crippen LogP contribution in [0.1, 0.15) is 32.3 Å². The van der Waals surface area contributed by atoms with E-state index in [2.05, 4.69) is 21.1 Å². The molecule has 1 aliphatic heterocycles. The van der Waals surface area contributed by atoms with Crippen molar-refractivity contribution in [3.8, 4) is 34.3 Å². The van der Waals surface area contributed by atoms with Gasteiger partial charge in [0, 0.05) is 41.0 Å². The van der Waals surface area contributed by atoms with E-state index in [-0.39, 0.29) is 22.9 Å². The number of halogens is 1. The van der Waals surface area contributed by atoms with E-state index in [9.17, 15) is 15.2 Å². The summed E-state index contributed by atoms with van der Waals surface area (Å²) in [6.45, 7) is 6.60. The maximum Gasteiger partial charge on any atom is 0.345 e. The number of aryl methyl sites for hydroxylation is 2. The molecule has 1 N–H and O–H groups in total. The number of pyridine rings is 1. The van der Waals surface area contributed by atoms with Crippen molar-refractivity contribution in [3.63, 3.8) is 0 Å². The molecule has 11 heteroatoms. The predicted molar refractivity (Wildman–Crippen MR) is 143 cm³/mol. The lowest BCUT2D eigenvalue weighted by atomic mass is 9.97. The van der Waals surface area contributed by atoms with Gasteiger partial charge in [-0.15, -0.1) is 11.3 Å². The highest BCUT2D eigenvalue weighted by atomic mass is 35.5. The molecule has 0 atom stereocenters. The number of morpholine rings is 1. The number of hydrogen-bond donors (Lipinski definition) is 1. The molecule has 5 rings (SSSR count). The third-order valence-electron chi connectivity index (χ3n) is 6.27.